The second kappa shape index (κ2) is 7.53. The van der Waals surface area contributed by atoms with Gasteiger partial charge in [-0.2, -0.15) is 5.10 Å². The molecule has 4 rings (SSSR count). The molecule has 2 aromatic heterocycles. The average Bonchev–Trinajstić information content (AvgIpc) is 3.11. The number of halogens is 1. The lowest BCUT2D eigenvalue weighted by atomic mass is 10.1. The van der Waals surface area contributed by atoms with E-state index in [2.05, 4.69) is 20.7 Å². The van der Waals surface area contributed by atoms with Gasteiger partial charge >= 0.3 is 0 Å². The van der Waals surface area contributed by atoms with Crippen molar-refractivity contribution >= 4 is 5.82 Å². The number of anilines is 1. The van der Waals surface area contributed by atoms with Crippen molar-refractivity contribution in [2.45, 2.75) is 13.1 Å². The molecule has 0 radical (unpaired) electrons. The molecule has 0 saturated carbocycles. The van der Waals surface area contributed by atoms with Crippen molar-refractivity contribution < 1.29 is 9.13 Å². The number of hydrogen-bond acceptors (Lipinski definition) is 5. The van der Waals surface area contributed by atoms with Crippen LogP contribution in [0.3, 0.4) is 0 Å². The van der Waals surface area contributed by atoms with Crippen LogP contribution in [-0.2, 0) is 13.1 Å². The number of pyridine rings is 1. The third-order valence-electron chi connectivity index (χ3n) is 4.33. The van der Waals surface area contributed by atoms with Crippen LogP contribution in [0.4, 0.5) is 10.2 Å². The number of rotatable bonds is 6. The number of benzene rings is 1. The fourth-order valence-electron chi connectivity index (χ4n) is 3.03. The molecule has 0 spiro atoms. The lowest BCUT2D eigenvalue weighted by molar-refractivity contribution is 0.388. The summed E-state index contributed by atoms with van der Waals surface area (Å²) in [6.07, 6.45) is 3.48. The SMILES string of the molecule is Fc1cccc(Oc2ncccc2CNCC2CNc3ccnn3C2)c1. The van der Waals surface area contributed by atoms with Gasteiger partial charge in [0.2, 0.25) is 5.88 Å². The van der Waals surface area contributed by atoms with Gasteiger partial charge in [-0.1, -0.05) is 12.1 Å². The summed E-state index contributed by atoms with van der Waals surface area (Å²) in [7, 11) is 0. The van der Waals surface area contributed by atoms with Crippen molar-refractivity contribution in [1.29, 1.82) is 0 Å². The van der Waals surface area contributed by atoms with E-state index in [4.69, 9.17) is 4.74 Å². The largest absolute Gasteiger partial charge is 0.439 e. The van der Waals surface area contributed by atoms with Crippen molar-refractivity contribution in [2.24, 2.45) is 5.92 Å². The van der Waals surface area contributed by atoms with E-state index < -0.39 is 0 Å². The van der Waals surface area contributed by atoms with Crippen LogP contribution >= 0.6 is 0 Å². The summed E-state index contributed by atoms with van der Waals surface area (Å²) < 4.78 is 21.1. The summed E-state index contributed by atoms with van der Waals surface area (Å²) in [6.45, 7) is 3.28. The molecule has 0 fully saturated rings. The summed E-state index contributed by atoms with van der Waals surface area (Å²) in [4.78, 5) is 4.28. The van der Waals surface area contributed by atoms with Crippen LogP contribution in [0.25, 0.3) is 0 Å². The predicted octanol–water partition coefficient (Wildman–Crippen LogP) is 3.04. The predicted molar refractivity (Wildman–Crippen MR) is 96.6 cm³/mol. The molecule has 3 aromatic rings. The molecule has 1 aliphatic heterocycles. The van der Waals surface area contributed by atoms with E-state index in [-0.39, 0.29) is 5.82 Å². The maximum absolute atomic E-state index is 13.3. The van der Waals surface area contributed by atoms with E-state index in [9.17, 15) is 4.39 Å². The Balaban J connectivity index is 1.35. The number of fused-ring (bicyclic) bond motifs is 1. The zero-order valence-corrected chi connectivity index (χ0v) is 14.2. The van der Waals surface area contributed by atoms with Gasteiger partial charge in [-0.3, -0.25) is 0 Å². The van der Waals surface area contributed by atoms with Crippen LogP contribution in [0.2, 0.25) is 0 Å². The third-order valence-corrected chi connectivity index (χ3v) is 4.33. The molecule has 6 nitrogen and oxygen atoms in total. The first-order chi connectivity index (χ1) is 12.8. The van der Waals surface area contributed by atoms with Crippen molar-refractivity contribution in [1.82, 2.24) is 20.1 Å². The molecule has 0 amide bonds. The molecule has 1 atom stereocenters. The van der Waals surface area contributed by atoms with Gasteiger partial charge in [-0.25, -0.2) is 14.1 Å². The number of hydrogen-bond donors (Lipinski definition) is 2. The molecule has 1 aromatic carbocycles. The zero-order valence-electron chi connectivity index (χ0n) is 14.2. The molecular weight excluding hydrogens is 333 g/mol. The standard InChI is InChI=1S/C19H20FN5O/c20-16-4-1-5-17(9-16)26-19-15(3-2-7-22-19)12-21-10-14-11-23-18-6-8-24-25(18)13-14/h1-9,14,21,23H,10-13H2. The van der Waals surface area contributed by atoms with E-state index >= 15 is 0 Å². The van der Waals surface area contributed by atoms with Gasteiger partial charge < -0.3 is 15.4 Å². The van der Waals surface area contributed by atoms with E-state index in [0.717, 1.165) is 31.0 Å². The Hall–Kier alpha value is -2.93. The molecule has 1 aliphatic rings. The first-order valence-corrected chi connectivity index (χ1v) is 8.61. The molecule has 0 saturated heterocycles. The van der Waals surface area contributed by atoms with Crippen molar-refractivity contribution in [3.8, 4) is 11.6 Å². The van der Waals surface area contributed by atoms with Crippen LogP contribution in [0.1, 0.15) is 5.56 Å². The Morgan fingerprint density at radius 2 is 2.19 bits per heavy atom. The van der Waals surface area contributed by atoms with Gasteiger partial charge in [-0.15, -0.1) is 0 Å². The Morgan fingerprint density at radius 1 is 1.23 bits per heavy atom. The van der Waals surface area contributed by atoms with Crippen molar-refractivity contribution in [2.75, 3.05) is 18.4 Å². The molecule has 0 aliphatic carbocycles. The van der Waals surface area contributed by atoms with E-state index in [0.29, 0.717) is 24.1 Å². The van der Waals surface area contributed by atoms with Crippen LogP contribution in [0.5, 0.6) is 11.6 Å². The van der Waals surface area contributed by atoms with Gasteiger partial charge in [-0.05, 0) is 18.2 Å². The number of nitrogens with zero attached hydrogens (tertiary/aromatic N) is 3. The van der Waals surface area contributed by atoms with E-state index in [1.807, 2.05) is 29.1 Å². The van der Waals surface area contributed by atoms with Crippen LogP contribution in [0.15, 0.2) is 54.9 Å². The Labute approximate surface area is 151 Å². The smallest absolute Gasteiger partial charge is 0.223 e. The molecule has 7 heteroatoms. The molecule has 3 heterocycles. The highest BCUT2D eigenvalue weighted by Gasteiger charge is 2.18. The highest BCUT2D eigenvalue weighted by atomic mass is 19.1. The maximum atomic E-state index is 13.3. The zero-order chi connectivity index (χ0) is 17.8. The molecular formula is C19H20FN5O. The number of ether oxygens (including phenoxy) is 1. The first kappa shape index (κ1) is 16.5. The molecule has 0 bridgehead atoms. The normalized spacial score (nSPS) is 16.0. The van der Waals surface area contributed by atoms with Gasteiger partial charge in [0.1, 0.15) is 17.4 Å². The van der Waals surface area contributed by atoms with Gasteiger partial charge in [0.05, 0.1) is 6.20 Å². The van der Waals surface area contributed by atoms with Crippen LogP contribution in [-0.4, -0.2) is 27.9 Å². The second-order valence-corrected chi connectivity index (χ2v) is 6.30. The second-order valence-electron chi connectivity index (χ2n) is 6.30. The lowest BCUT2D eigenvalue weighted by Gasteiger charge is -2.25. The van der Waals surface area contributed by atoms with Crippen molar-refractivity contribution in [3.63, 3.8) is 0 Å². The molecule has 26 heavy (non-hydrogen) atoms. The highest BCUT2D eigenvalue weighted by molar-refractivity contribution is 5.35. The summed E-state index contributed by atoms with van der Waals surface area (Å²) in [5.74, 6) is 2.11. The van der Waals surface area contributed by atoms with E-state index in [1.54, 1.807) is 18.3 Å². The quantitative estimate of drug-likeness (QED) is 0.713. The van der Waals surface area contributed by atoms with E-state index in [1.165, 1.54) is 12.1 Å². The first-order valence-electron chi connectivity index (χ1n) is 8.61. The average molecular weight is 353 g/mol. The Kier molecular flexibility index (Phi) is 4.79. The topological polar surface area (TPSA) is 64.0 Å². The maximum Gasteiger partial charge on any atom is 0.223 e. The Morgan fingerprint density at radius 3 is 3.12 bits per heavy atom. The summed E-state index contributed by atoms with van der Waals surface area (Å²) in [5, 5.41) is 11.1. The molecule has 134 valence electrons. The lowest BCUT2D eigenvalue weighted by Crippen LogP contribution is -2.35. The molecule has 1 unspecified atom stereocenters. The third kappa shape index (κ3) is 3.83. The summed E-state index contributed by atoms with van der Waals surface area (Å²) >= 11 is 0. The van der Waals surface area contributed by atoms with Crippen LogP contribution < -0.4 is 15.4 Å². The van der Waals surface area contributed by atoms with Gasteiger partial charge in [0, 0.05) is 56.0 Å². The van der Waals surface area contributed by atoms with Crippen molar-refractivity contribution in [3.05, 3.63) is 66.2 Å². The number of aromatic nitrogens is 3. The molecule has 2 N–H and O–H groups in total. The van der Waals surface area contributed by atoms with Gasteiger partial charge in [0.15, 0.2) is 0 Å². The summed E-state index contributed by atoms with van der Waals surface area (Å²) in [6, 6.07) is 11.9. The van der Waals surface area contributed by atoms with Crippen LogP contribution in [0, 0.1) is 11.7 Å². The minimum atomic E-state index is -0.333. The fraction of sp³-hybridized carbons (Fsp3) is 0.263. The number of nitrogens with one attached hydrogen (secondary N) is 2. The minimum absolute atomic E-state index is 0.333. The minimum Gasteiger partial charge on any atom is -0.439 e. The van der Waals surface area contributed by atoms with Gasteiger partial charge in [0.25, 0.3) is 0 Å². The highest BCUT2D eigenvalue weighted by Crippen LogP contribution is 2.23. The monoisotopic (exact) mass is 353 g/mol. The Bertz CT molecular complexity index is 882. The fourth-order valence-corrected chi connectivity index (χ4v) is 3.03. The summed E-state index contributed by atoms with van der Waals surface area (Å²) in [5.41, 5.74) is 0.931.